The van der Waals surface area contributed by atoms with Crippen molar-refractivity contribution < 1.29 is 4.79 Å². The zero-order valence-corrected chi connectivity index (χ0v) is 15.9. The summed E-state index contributed by atoms with van der Waals surface area (Å²) < 4.78 is 0. The molecule has 0 heterocycles. The zero-order chi connectivity index (χ0) is 16.8. The molecule has 0 saturated heterocycles. The molecular weight excluding hydrogens is 310 g/mol. The summed E-state index contributed by atoms with van der Waals surface area (Å²) in [5, 5.41) is 2.98. The Morgan fingerprint density at radius 2 is 1.87 bits per heavy atom. The summed E-state index contributed by atoms with van der Waals surface area (Å²) >= 11 is 0. The molecule has 1 atom stereocenters. The molecule has 1 amide bonds. The van der Waals surface area contributed by atoms with E-state index in [0.29, 0.717) is 19.0 Å². The highest BCUT2D eigenvalue weighted by Crippen LogP contribution is 2.14. The third-order valence-electron chi connectivity index (χ3n) is 4.15. The third-order valence-corrected chi connectivity index (χ3v) is 4.15. The van der Waals surface area contributed by atoms with Crippen LogP contribution in [0.5, 0.6) is 0 Å². The molecule has 132 valence electrons. The van der Waals surface area contributed by atoms with E-state index in [1.807, 2.05) is 19.1 Å². The first-order valence-electron chi connectivity index (χ1n) is 8.12. The first kappa shape index (κ1) is 21.9. The van der Waals surface area contributed by atoms with Crippen LogP contribution in [0, 0.1) is 0 Å². The van der Waals surface area contributed by atoms with E-state index in [1.165, 1.54) is 5.56 Å². The second kappa shape index (κ2) is 9.91. The minimum atomic E-state index is -0.793. The molecule has 23 heavy (non-hydrogen) atoms. The second-order valence-electron chi connectivity index (χ2n) is 6.63. The average Bonchev–Trinajstić information content (AvgIpc) is 2.45. The number of hydrogen-bond acceptors (Lipinski definition) is 3. The van der Waals surface area contributed by atoms with E-state index in [2.05, 4.69) is 43.2 Å². The molecule has 4 nitrogen and oxygen atoms in total. The van der Waals surface area contributed by atoms with Gasteiger partial charge in [-0.25, -0.2) is 0 Å². The van der Waals surface area contributed by atoms with E-state index in [0.717, 1.165) is 18.5 Å². The molecule has 1 unspecified atom stereocenters. The predicted octanol–water partition coefficient (Wildman–Crippen LogP) is 3.08. The van der Waals surface area contributed by atoms with Crippen molar-refractivity contribution in [2.24, 2.45) is 5.73 Å². The highest BCUT2D eigenvalue weighted by atomic mass is 35.5. The minimum absolute atomic E-state index is 0. The number of carbonyl (C=O) groups is 1. The van der Waals surface area contributed by atoms with Crippen LogP contribution in [0.15, 0.2) is 24.3 Å². The van der Waals surface area contributed by atoms with Gasteiger partial charge in [0.1, 0.15) is 0 Å². The van der Waals surface area contributed by atoms with Gasteiger partial charge in [0.05, 0.1) is 5.54 Å². The number of rotatable bonds is 8. The maximum atomic E-state index is 12.2. The second-order valence-corrected chi connectivity index (χ2v) is 6.63. The smallest absolute Gasteiger partial charge is 0.240 e. The van der Waals surface area contributed by atoms with Gasteiger partial charge < -0.3 is 11.1 Å². The molecule has 0 bridgehead atoms. The fourth-order valence-corrected chi connectivity index (χ4v) is 2.35. The van der Waals surface area contributed by atoms with Gasteiger partial charge in [0.15, 0.2) is 0 Å². The van der Waals surface area contributed by atoms with Gasteiger partial charge in [0.25, 0.3) is 0 Å². The number of carbonyl (C=O) groups excluding carboxylic acids is 1. The SMILES string of the molecule is CCCC(C)(N)C(=O)NCc1ccccc1CN(C)C(C)C.Cl. The molecule has 5 heteroatoms. The monoisotopic (exact) mass is 341 g/mol. The van der Waals surface area contributed by atoms with Gasteiger partial charge in [-0.05, 0) is 45.4 Å². The molecule has 0 saturated carbocycles. The van der Waals surface area contributed by atoms with Crippen LogP contribution in [0.4, 0.5) is 0 Å². The zero-order valence-electron chi connectivity index (χ0n) is 15.1. The van der Waals surface area contributed by atoms with Crippen molar-refractivity contribution >= 4 is 18.3 Å². The topological polar surface area (TPSA) is 58.4 Å². The normalized spacial score (nSPS) is 13.6. The molecule has 0 aromatic heterocycles. The molecular formula is C18H32ClN3O. The molecule has 0 aliphatic heterocycles. The molecule has 0 radical (unpaired) electrons. The van der Waals surface area contributed by atoms with Crippen LogP contribution in [-0.4, -0.2) is 29.4 Å². The molecule has 0 spiro atoms. The van der Waals surface area contributed by atoms with Crippen LogP contribution in [0.25, 0.3) is 0 Å². The molecule has 1 aromatic carbocycles. The summed E-state index contributed by atoms with van der Waals surface area (Å²) in [6.07, 6.45) is 1.59. The summed E-state index contributed by atoms with van der Waals surface area (Å²) in [5.41, 5.74) is 7.67. The summed E-state index contributed by atoms with van der Waals surface area (Å²) in [6.45, 7) is 9.58. The Hall–Kier alpha value is -1.10. The maximum Gasteiger partial charge on any atom is 0.240 e. The van der Waals surface area contributed by atoms with Gasteiger partial charge >= 0.3 is 0 Å². The van der Waals surface area contributed by atoms with E-state index in [4.69, 9.17) is 5.73 Å². The summed E-state index contributed by atoms with van der Waals surface area (Å²) in [6, 6.07) is 8.72. The number of hydrogen-bond donors (Lipinski definition) is 2. The molecule has 0 aliphatic rings. The minimum Gasteiger partial charge on any atom is -0.350 e. The van der Waals surface area contributed by atoms with Crippen LogP contribution < -0.4 is 11.1 Å². The van der Waals surface area contributed by atoms with Gasteiger partial charge in [-0.1, -0.05) is 37.6 Å². The van der Waals surface area contributed by atoms with E-state index in [-0.39, 0.29) is 18.3 Å². The van der Waals surface area contributed by atoms with Crippen LogP contribution in [0.2, 0.25) is 0 Å². The number of nitrogens with zero attached hydrogens (tertiary/aromatic N) is 1. The van der Waals surface area contributed by atoms with Crippen molar-refractivity contribution in [2.45, 2.75) is 65.2 Å². The fraction of sp³-hybridized carbons (Fsp3) is 0.611. The maximum absolute atomic E-state index is 12.2. The van der Waals surface area contributed by atoms with Crippen LogP contribution in [0.3, 0.4) is 0 Å². The standard InChI is InChI=1S/C18H31N3O.ClH/c1-6-11-18(4,19)17(22)20-12-15-9-7-8-10-16(15)13-21(5)14(2)3;/h7-10,14H,6,11-13,19H2,1-5H3,(H,20,22);1H. The lowest BCUT2D eigenvalue weighted by molar-refractivity contribution is -0.126. The highest BCUT2D eigenvalue weighted by Gasteiger charge is 2.26. The van der Waals surface area contributed by atoms with E-state index in [1.54, 1.807) is 6.92 Å². The molecule has 3 N–H and O–H groups in total. The Labute approximate surface area is 147 Å². The summed E-state index contributed by atoms with van der Waals surface area (Å²) in [4.78, 5) is 14.5. The number of nitrogens with one attached hydrogen (secondary N) is 1. The first-order valence-corrected chi connectivity index (χ1v) is 8.12. The number of nitrogens with two attached hydrogens (primary N) is 1. The quantitative estimate of drug-likeness (QED) is 0.764. The highest BCUT2D eigenvalue weighted by molar-refractivity contribution is 5.85. The number of benzene rings is 1. The Kier molecular flexibility index (Phi) is 9.44. The number of halogens is 1. The van der Waals surface area contributed by atoms with E-state index >= 15 is 0 Å². The van der Waals surface area contributed by atoms with E-state index in [9.17, 15) is 4.79 Å². The Balaban J connectivity index is 0.00000484. The number of amides is 1. The molecule has 0 aliphatic carbocycles. The Morgan fingerprint density at radius 1 is 1.30 bits per heavy atom. The first-order chi connectivity index (χ1) is 10.3. The lowest BCUT2D eigenvalue weighted by Gasteiger charge is -2.25. The lowest BCUT2D eigenvalue weighted by Crippen LogP contribution is -2.51. The van der Waals surface area contributed by atoms with Crippen molar-refractivity contribution in [1.29, 1.82) is 0 Å². The molecule has 1 rings (SSSR count). The van der Waals surface area contributed by atoms with Gasteiger partial charge in [0.2, 0.25) is 5.91 Å². The van der Waals surface area contributed by atoms with Gasteiger partial charge in [0, 0.05) is 19.1 Å². The Morgan fingerprint density at radius 3 is 2.39 bits per heavy atom. The van der Waals surface area contributed by atoms with Crippen molar-refractivity contribution in [3.8, 4) is 0 Å². The van der Waals surface area contributed by atoms with Crippen LogP contribution in [-0.2, 0) is 17.9 Å². The third kappa shape index (κ3) is 6.90. The van der Waals surface area contributed by atoms with Crippen molar-refractivity contribution in [3.05, 3.63) is 35.4 Å². The van der Waals surface area contributed by atoms with Gasteiger partial charge in [-0.2, -0.15) is 0 Å². The van der Waals surface area contributed by atoms with Crippen LogP contribution in [0.1, 0.15) is 51.7 Å². The fourth-order valence-electron chi connectivity index (χ4n) is 2.35. The van der Waals surface area contributed by atoms with Crippen molar-refractivity contribution in [1.82, 2.24) is 10.2 Å². The van der Waals surface area contributed by atoms with Crippen LogP contribution >= 0.6 is 12.4 Å². The summed E-state index contributed by atoms with van der Waals surface area (Å²) in [5.74, 6) is -0.0821. The largest absolute Gasteiger partial charge is 0.350 e. The van der Waals surface area contributed by atoms with E-state index < -0.39 is 5.54 Å². The Bertz CT molecular complexity index is 489. The molecule has 1 aromatic rings. The molecule has 0 fully saturated rings. The lowest BCUT2D eigenvalue weighted by atomic mass is 9.96. The van der Waals surface area contributed by atoms with Gasteiger partial charge in [-0.3, -0.25) is 9.69 Å². The predicted molar refractivity (Wildman–Crippen MR) is 99.6 cm³/mol. The van der Waals surface area contributed by atoms with Crippen molar-refractivity contribution in [3.63, 3.8) is 0 Å². The van der Waals surface area contributed by atoms with Gasteiger partial charge in [-0.15, -0.1) is 12.4 Å². The summed E-state index contributed by atoms with van der Waals surface area (Å²) in [7, 11) is 2.11. The van der Waals surface area contributed by atoms with Crippen molar-refractivity contribution in [2.75, 3.05) is 7.05 Å². The average molecular weight is 342 g/mol.